The van der Waals surface area contributed by atoms with E-state index in [0.29, 0.717) is 0 Å². The maximum Gasteiger partial charge on any atom is 0.0870 e. The van der Waals surface area contributed by atoms with Crippen LogP contribution in [0.4, 0.5) is 0 Å². The molecular weight excluding hydrogens is 289 g/mol. The lowest BCUT2D eigenvalue weighted by Gasteiger charge is -2.61. The van der Waals surface area contributed by atoms with Crippen LogP contribution in [0.1, 0.15) is 90.0 Å². The van der Waals surface area contributed by atoms with E-state index in [1.807, 2.05) is 0 Å². The molecular formula is C18H39BP2. The van der Waals surface area contributed by atoms with Crippen LogP contribution >= 0.6 is 15.8 Å². The largest absolute Gasteiger partial charge is 0.0942 e. The third-order valence-electron chi connectivity index (χ3n) is 3.59. The highest BCUT2D eigenvalue weighted by Crippen LogP contribution is 2.81. The van der Waals surface area contributed by atoms with E-state index in [2.05, 4.69) is 90.0 Å². The summed E-state index contributed by atoms with van der Waals surface area (Å²) in [5, 5.41) is 1.03. The topological polar surface area (TPSA) is 0 Å². The van der Waals surface area contributed by atoms with Crippen molar-refractivity contribution in [3.63, 3.8) is 0 Å². The van der Waals surface area contributed by atoms with E-state index in [-0.39, 0.29) is 41.3 Å². The van der Waals surface area contributed by atoms with Gasteiger partial charge in [0.25, 0.3) is 0 Å². The summed E-state index contributed by atoms with van der Waals surface area (Å²) in [4.78, 5) is -0.0995. The number of hydrogen-bond acceptors (Lipinski definition) is 0. The Hall–Kier alpha value is 0.925. The molecule has 0 unspecified atom stereocenters. The monoisotopic (exact) mass is 328 g/mol. The van der Waals surface area contributed by atoms with Gasteiger partial charge in [-0.2, -0.15) is 0 Å². The molecule has 0 nitrogen and oxygen atoms in total. The number of hydrogen-bond donors (Lipinski definition) is 0. The van der Waals surface area contributed by atoms with Crippen LogP contribution in [0.3, 0.4) is 0 Å². The van der Waals surface area contributed by atoms with Crippen molar-refractivity contribution >= 4 is 23.7 Å². The smallest absolute Gasteiger partial charge is 0.0870 e. The van der Waals surface area contributed by atoms with Crippen molar-refractivity contribution in [2.45, 2.75) is 115 Å². The van der Waals surface area contributed by atoms with Crippen molar-refractivity contribution in [1.82, 2.24) is 0 Å². The van der Waals surface area contributed by atoms with Crippen molar-refractivity contribution in [3.8, 4) is 0 Å². The fourth-order valence-electron chi connectivity index (χ4n) is 4.83. The highest BCUT2D eigenvalue weighted by atomic mass is 31.2. The predicted octanol–water partition coefficient (Wildman–Crippen LogP) is 6.99. The minimum atomic E-state index is -0.347. The summed E-state index contributed by atoms with van der Waals surface area (Å²) in [6, 6.07) is 0. The molecule has 0 spiro atoms. The van der Waals surface area contributed by atoms with Gasteiger partial charge in [0.15, 0.2) is 0 Å². The molecule has 0 aliphatic rings. The van der Waals surface area contributed by atoms with Gasteiger partial charge in [0.05, 0.1) is 7.85 Å². The fourth-order valence-corrected chi connectivity index (χ4v) is 18.7. The standard InChI is InChI=1S/C18H39BP2/c1-14(2,3)20(15(4,5)6)18(13,19)21(16(7,8)9)17(10,11)12/h1-13H3. The quantitative estimate of drug-likeness (QED) is 0.379. The first kappa shape index (κ1) is 21.9. The van der Waals surface area contributed by atoms with E-state index in [4.69, 9.17) is 7.85 Å². The van der Waals surface area contributed by atoms with Crippen molar-refractivity contribution in [2.24, 2.45) is 0 Å². The van der Waals surface area contributed by atoms with E-state index in [1.54, 1.807) is 0 Å². The van der Waals surface area contributed by atoms with Gasteiger partial charge in [-0.3, -0.25) is 0 Å². The molecule has 0 aliphatic heterocycles. The van der Waals surface area contributed by atoms with Crippen LogP contribution < -0.4 is 0 Å². The zero-order valence-electron chi connectivity index (χ0n) is 17.0. The molecule has 0 saturated heterocycles. The first-order valence-electron chi connectivity index (χ1n) is 8.13. The zero-order chi connectivity index (χ0) is 17.7. The van der Waals surface area contributed by atoms with Gasteiger partial charge in [-0.1, -0.05) is 106 Å². The molecule has 0 aliphatic carbocycles. The second kappa shape index (κ2) is 6.09. The lowest BCUT2D eigenvalue weighted by Crippen LogP contribution is -2.44. The van der Waals surface area contributed by atoms with Crippen LogP contribution in [0, 0.1) is 0 Å². The summed E-state index contributed by atoms with van der Waals surface area (Å²) in [7, 11) is 6.51. The first-order valence-corrected chi connectivity index (χ1v) is 10.8. The first-order chi connectivity index (χ1) is 8.73. The predicted molar refractivity (Wildman–Crippen MR) is 107 cm³/mol. The SMILES string of the molecule is [B]C(C)(P(C(C)(C)C)C(C)(C)C)P(C(C)(C)C)C(C)(C)C. The van der Waals surface area contributed by atoms with Gasteiger partial charge in [0.2, 0.25) is 0 Å². The van der Waals surface area contributed by atoms with Gasteiger partial charge >= 0.3 is 0 Å². The molecule has 0 aromatic rings. The molecule has 21 heavy (non-hydrogen) atoms. The molecule has 0 aromatic carbocycles. The molecule has 0 N–H and O–H groups in total. The van der Waals surface area contributed by atoms with Gasteiger partial charge in [-0.25, -0.2) is 0 Å². The Morgan fingerprint density at radius 2 is 0.571 bits per heavy atom. The summed E-state index contributed by atoms with van der Waals surface area (Å²) in [6.07, 6.45) is 0. The van der Waals surface area contributed by atoms with E-state index >= 15 is 0 Å². The summed E-state index contributed by atoms with van der Waals surface area (Å²) in [5.74, 6) is 0. The van der Waals surface area contributed by atoms with Crippen LogP contribution in [0.2, 0.25) is 0 Å². The molecule has 3 heteroatoms. The second-order valence-electron chi connectivity index (χ2n) is 10.4. The van der Waals surface area contributed by atoms with Crippen LogP contribution in [0.15, 0.2) is 0 Å². The average molecular weight is 328 g/mol. The highest BCUT2D eigenvalue weighted by molar-refractivity contribution is 7.82. The Labute approximate surface area is 139 Å². The highest BCUT2D eigenvalue weighted by Gasteiger charge is 2.53. The number of rotatable bonds is 2. The molecule has 0 atom stereocenters. The van der Waals surface area contributed by atoms with Crippen molar-refractivity contribution in [3.05, 3.63) is 0 Å². The molecule has 0 bridgehead atoms. The van der Waals surface area contributed by atoms with Crippen molar-refractivity contribution < 1.29 is 0 Å². The molecule has 0 aromatic heterocycles. The summed E-state index contributed by atoms with van der Waals surface area (Å²) < 4.78 is 0. The third kappa shape index (κ3) is 5.50. The van der Waals surface area contributed by atoms with Gasteiger partial charge < -0.3 is 0 Å². The lowest BCUT2D eigenvalue weighted by atomic mass is 10.1. The maximum atomic E-state index is 7.21. The van der Waals surface area contributed by atoms with E-state index in [9.17, 15) is 0 Å². The Kier molecular flexibility index (Phi) is 6.36. The Morgan fingerprint density at radius 1 is 0.429 bits per heavy atom. The average Bonchev–Trinajstić information content (AvgIpc) is 1.84. The second-order valence-corrected chi connectivity index (χ2v) is 19.4. The van der Waals surface area contributed by atoms with Crippen LogP contribution in [-0.2, 0) is 0 Å². The molecule has 124 valence electrons. The van der Waals surface area contributed by atoms with Gasteiger partial charge in [-0.15, -0.1) is 0 Å². The molecule has 0 rings (SSSR count). The normalized spacial score (nSPS) is 16.0. The third-order valence-corrected chi connectivity index (χ3v) is 12.0. The maximum absolute atomic E-state index is 7.21. The molecule has 2 radical (unpaired) electrons. The van der Waals surface area contributed by atoms with E-state index < -0.39 is 0 Å². The van der Waals surface area contributed by atoms with E-state index in [1.165, 1.54) is 0 Å². The van der Waals surface area contributed by atoms with Crippen LogP contribution in [0.5, 0.6) is 0 Å². The lowest BCUT2D eigenvalue weighted by molar-refractivity contribution is 0.673. The van der Waals surface area contributed by atoms with Gasteiger partial charge in [0.1, 0.15) is 0 Å². The van der Waals surface area contributed by atoms with Gasteiger partial charge in [-0.05, 0) is 25.4 Å². The molecule has 0 amide bonds. The van der Waals surface area contributed by atoms with E-state index in [0.717, 1.165) is 0 Å². The summed E-state index contributed by atoms with van der Waals surface area (Å²) in [6.45, 7) is 31.0. The minimum Gasteiger partial charge on any atom is -0.0942 e. The molecule has 0 heterocycles. The minimum absolute atomic E-state index is 0.0995. The van der Waals surface area contributed by atoms with Crippen LogP contribution in [0.25, 0.3) is 0 Å². The van der Waals surface area contributed by atoms with Crippen molar-refractivity contribution in [1.29, 1.82) is 0 Å². The Balaban J connectivity index is 6.21. The van der Waals surface area contributed by atoms with Gasteiger partial charge in [0, 0.05) is 0 Å². The Morgan fingerprint density at radius 3 is 0.667 bits per heavy atom. The van der Waals surface area contributed by atoms with Crippen molar-refractivity contribution in [2.75, 3.05) is 0 Å². The summed E-state index contributed by atoms with van der Waals surface area (Å²) >= 11 is 0. The fraction of sp³-hybridized carbons (Fsp3) is 1.00. The van der Waals surface area contributed by atoms with Crippen LogP contribution in [-0.4, -0.2) is 33.3 Å². The Bertz CT molecular complexity index is 283. The molecule has 0 saturated carbocycles. The molecule has 0 fully saturated rings. The summed E-state index contributed by atoms with van der Waals surface area (Å²) in [5.41, 5.74) is 0. The zero-order valence-corrected chi connectivity index (χ0v) is 18.8.